The van der Waals surface area contributed by atoms with Crippen LogP contribution in [0.4, 0.5) is 11.4 Å². The average molecular weight is 273 g/mol. The maximum atomic E-state index is 12.0. The van der Waals surface area contributed by atoms with E-state index in [1.165, 1.54) is 0 Å². The Morgan fingerprint density at radius 3 is 2.85 bits per heavy atom. The zero-order valence-corrected chi connectivity index (χ0v) is 11.5. The topological polar surface area (TPSA) is 80.3 Å². The van der Waals surface area contributed by atoms with Crippen LogP contribution in [0.15, 0.2) is 29.1 Å². The van der Waals surface area contributed by atoms with E-state index in [1.807, 2.05) is 12.1 Å². The van der Waals surface area contributed by atoms with E-state index >= 15 is 0 Å². The number of nitrogens with two attached hydrogens (primary N) is 1. The molecule has 1 fully saturated rings. The monoisotopic (exact) mass is 273 g/mol. The van der Waals surface area contributed by atoms with Crippen molar-refractivity contribution in [2.24, 2.45) is 13.0 Å². The van der Waals surface area contributed by atoms with Gasteiger partial charge in [-0.05, 0) is 37.0 Å². The molecule has 0 bridgehead atoms. The normalized spacial score (nSPS) is 16.3. The summed E-state index contributed by atoms with van der Waals surface area (Å²) >= 11 is 0. The van der Waals surface area contributed by atoms with Crippen LogP contribution in [0.25, 0.3) is 10.9 Å². The van der Waals surface area contributed by atoms with Crippen LogP contribution in [0.2, 0.25) is 0 Å². The Labute approximate surface area is 117 Å². The number of fused-ring (bicyclic) bond motifs is 1. The fraction of sp³-hybridized carbons (Fsp3) is 0.400. The third kappa shape index (κ3) is 2.25. The number of benzene rings is 1. The number of nitrogens with zero attached hydrogens (tertiary/aromatic N) is 1. The van der Waals surface area contributed by atoms with Gasteiger partial charge in [0.05, 0.1) is 18.2 Å². The lowest BCUT2D eigenvalue weighted by Gasteiger charge is -2.19. The number of rotatable bonds is 4. The molecule has 0 amide bonds. The van der Waals surface area contributed by atoms with Crippen molar-refractivity contribution in [3.8, 4) is 0 Å². The maximum absolute atomic E-state index is 12.0. The van der Waals surface area contributed by atoms with Gasteiger partial charge in [0.25, 0.3) is 5.56 Å². The van der Waals surface area contributed by atoms with Crippen molar-refractivity contribution in [2.45, 2.75) is 18.9 Å². The van der Waals surface area contributed by atoms with Crippen LogP contribution >= 0.6 is 0 Å². The van der Waals surface area contributed by atoms with Crippen molar-refractivity contribution in [3.63, 3.8) is 0 Å². The Morgan fingerprint density at radius 1 is 1.45 bits per heavy atom. The fourth-order valence-electron chi connectivity index (χ4n) is 2.61. The van der Waals surface area contributed by atoms with E-state index in [0.29, 0.717) is 11.6 Å². The number of pyridine rings is 1. The van der Waals surface area contributed by atoms with Crippen LogP contribution in [-0.4, -0.2) is 22.3 Å². The highest BCUT2D eigenvalue weighted by Crippen LogP contribution is 2.35. The molecule has 4 N–H and O–H groups in total. The highest BCUT2D eigenvalue weighted by molar-refractivity contribution is 5.93. The molecule has 1 aliphatic rings. The molecule has 5 nitrogen and oxygen atoms in total. The molecule has 1 aliphatic carbocycles. The minimum Gasteiger partial charge on any atom is -0.399 e. The van der Waals surface area contributed by atoms with Gasteiger partial charge in [-0.3, -0.25) is 4.79 Å². The fourth-order valence-corrected chi connectivity index (χ4v) is 2.61. The second-order valence-corrected chi connectivity index (χ2v) is 5.50. The predicted octanol–water partition coefficient (Wildman–Crippen LogP) is 1.30. The Morgan fingerprint density at radius 2 is 2.20 bits per heavy atom. The van der Waals surface area contributed by atoms with Gasteiger partial charge in [0.15, 0.2) is 0 Å². The summed E-state index contributed by atoms with van der Waals surface area (Å²) in [6.07, 6.45) is 2.26. The molecule has 106 valence electrons. The van der Waals surface area contributed by atoms with Crippen LogP contribution in [0, 0.1) is 5.92 Å². The number of aryl methyl sites for hydroxylation is 1. The molecule has 0 radical (unpaired) electrons. The molecular weight excluding hydrogens is 254 g/mol. The molecule has 1 aromatic heterocycles. The predicted molar refractivity (Wildman–Crippen MR) is 80.8 cm³/mol. The molecule has 1 aromatic carbocycles. The summed E-state index contributed by atoms with van der Waals surface area (Å²) < 4.78 is 1.60. The average Bonchev–Trinajstić information content (AvgIpc) is 3.25. The smallest absolute Gasteiger partial charge is 0.252 e. The zero-order valence-electron chi connectivity index (χ0n) is 11.5. The molecule has 1 heterocycles. The third-order valence-corrected chi connectivity index (χ3v) is 4.00. The van der Waals surface area contributed by atoms with E-state index in [9.17, 15) is 9.90 Å². The summed E-state index contributed by atoms with van der Waals surface area (Å²) in [5, 5.41) is 13.7. The third-order valence-electron chi connectivity index (χ3n) is 4.00. The van der Waals surface area contributed by atoms with Gasteiger partial charge in [0, 0.05) is 29.9 Å². The molecule has 20 heavy (non-hydrogen) atoms. The van der Waals surface area contributed by atoms with Gasteiger partial charge in [-0.2, -0.15) is 0 Å². The highest BCUT2D eigenvalue weighted by Gasteiger charge is 2.31. The lowest BCUT2D eigenvalue weighted by atomic mass is 10.1. The summed E-state index contributed by atoms with van der Waals surface area (Å²) in [5.41, 5.74) is 8.02. The lowest BCUT2D eigenvalue weighted by Crippen LogP contribution is -2.27. The summed E-state index contributed by atoms with van der Waals surface area (Å²) in [7, 11) is 1.75. The van der Waals surface area contributed by atoms with Crippen molar-refractivity contribution in [1.82, 2.24) is 4.57 Å². The number of hydrogen-bond acceptors (Lipinski definition) is 4. The minimum absolute atomic E-state index is 0.00624. The Kier molecular flexibility index (Phi) is 3.14. The first-order valence-corrected chi connectivity index (χ1v) is 6.87. The molecular formula is C15H19N3O2. The van der Waals surface area contributed by atoms with E-state index < -0.39 is 0 Å². The molecule has 2 aromatic rings. The van der Waals surface area contributed by atoms with E-state index in [2.05, 4.69) is 5.32 Å². The molecule has 3 rings (SSSR count). The molecule has 0 spiro atoms. The number of aromatic nitrogens is 1. The molecule has 0 saturated heterocycles. The Hall–Kier alpha value is -2.01. The summed E-state index contributed by atoms with van der Waals surface area (Å²) in [6, 6.07) is 7.08. The first-order valence-electron chi connectivity index (χ1n) is 6.87. The van der Waals surface area contributed by atoms with Gasteiger partial charge in [-0.15, -0.1) is 0 Å². The number of nitrogens with one attached hydrogen (secondary N) is 1. The van der Waals surface area contributed by atoms with Crippen molar-refractivity contribution < 1.29 is 5.11 Å². The second-order valence-electron chi connectivity index (χ2n) is 5.50. The van der Waals surface area contributed by atoms with E-state index in [-0.39, 0.29) is 18.2 Å². The molecule has 0 aliphatic heterocycles. The largest absolute Gasteiger partial charge is 0.399 e. The number of aliphatic hydroxyl groups is 1. The minimum atomic E-state index is -0.0720. The summed E-state index contributed by atoms with van der Waals surface area (Å²) in [5.74, 6) is 0.500. The lowest BCUT2D eigenvalue weighted by molar-refractivity contribution is 0.263. The van der Waals surface area contributed by atoms with Crippen LogP contribution in [0.5, 0.6) is 0 Å². The Balaban J connectivity index is 2.11. The number of aliphatic hydroxyl groups excluding tert-OH is 1. The van der Waals surface area contributed by atoms with Crippen LogP contribution in [0.1, 0.15) is 12.8 Å². The number of anilines is 2. The Bertz CT molecular complexity index is 704. The van der Waals surface area contributed by atoms with Gasteiger partial charge >= 0.3 is 0 Å². The quantitative estimate of drug-likeness (QED) is 0.734. The zero-order chi connectivity index (χ0) is 14.3. The van der Waals surface area contributed by atoms with E-state index in [4.69, 9.17) is 5.73 Å². The van der Waals surface area contributed by atoms with Crippen LogP contribution < -0.4 is 16.6 Å². The van der Waals surface area contributed by atoms with Crippen molar-refractivity contribution in [1.29, 1.82) is 0 Å². The van der Waals surface area contributed by atoms with Crippen LogP contribution in [-0.2, 0) is 7.05 Å². The molecule has 1 saturated carbocycles. The summed E-state index contributed by atoms with van der Waals surface area (Å²) in [4.78, 5) is 12.0. The van der Waals surface area contributed by atoms with Crippen molar-refractivity contribution in [3.05, 3.63) is 34.6 Å². The van der Waals surface area contributed by atoms with Gasteiger partial charge in [0.2, 0.25) is 0 Å². The van der Waals surface area contributed by atoms with Gasteiger partial charge in [-0.1, -0.05) is 0 Å². The van der Waals surface area contributed by atoms with Crippen molar-refractivity contribution >= 4 is 22.3 Å². The van der Waals surface area contributed by atoms with Crippen molar-refractivity contribution in [2.75, 3.05) is 17.7 Å². The second kappa shape index (κ2) is 4.83. The molecule has 0 unspecified atom stereocenters. The SMILES string of the molecule is Cn1c(=O)cc(N[C@H](CO)C2CC2)c2cc(N)ccc21. The first kappa shape index (κ1) is 13.0. The standard InChI is InChI=1S/C15H19N3O2/c1-18-14-5-4-10(16)6-11(14)12(7-15(18)20)17-13(8-19)9-2-3-9/h4-7,9,13,17,19H,2-3,8,16H2,1H3/t13-/m1/s1. The van der Waals surface area contributed by atoms with E-state index in [1.54, 1.807) is 23.7 Å². The van der Waals surface area contributed by atoms with Gasteiger partial charge in [-0.25, -0.2) is 0 Å². The molecule has 5 heteroatoms. The number of hydrogen-bond donors (Lipinski definition) is 3. The summed E-state index contributed by atoms with van der Waals surface area (Å²) in [6.45, 7) is 0.0731. The van der Waals surface area contributed by atoms with E-state index in [0.717, 1.165) is 29.4 Å². The maximum Gasteiger partial charge on any atom is 0.252 e. The van der Waals surface area contributed by atoms with Gasteiger partial charge < -0.3 is 20.7 Å². The van der Waals surface area contributed by atoms with Crippen LogP contribution in [0.3, 0.4) is 0 Å². The number of nitrogen functional groups attached to an aromatic ring is 1. The highest BCUT2D eigenvalue weighted by atomic mass is 16.3. The molecule has 1 atom stereocenters. The first-order chi connectivity index (χ1) is 9.60. The van der Waals surface area contributed by atoms with Gasteiger partial charge in [0.1, 0.15) is 0 Å².